The molecule has 1 aliphatic carbocycles. The van der Waals surface area contributed by atoms with E-state index in [-0.39, 0.29) is 24.0 Å². The molecule has 0 aromatic carbocycles. The maximum absolute atomic E-state index is 11.6. The van der Waals surface area contributed by atoms with E-state index in [9.17, 15) is 4.79 Å². The summed E-state index contributed by atoms with van der Waals surface area (Å²) in [5.74, 6) is 1.14. The molecule has 0 bridgehead atoms. The van der Waals surface area contributed by atoms with Crippen LogP contribution in [0.3, 0.4) is 0 Å². The Kier molecular flexibility index (Phi) is 4.86. The van der Waals surface area contributed by atoms with Gasteiger partial charge in [-0.15, -0.1) is 0 Å². The van der Waals surface area contributed by atoms with Gasteiger partial charge in [0.05, 0.1) is 33.6 Å². The van der Waals surface area contributed by atoms with E-state index >= 15 is 0 Å². The standard InChI is InChI=1S/C10H20NO.HI/c1-8-5-6-9(10(8)12)7-11(2,3)4;/h8-9H,5-7H2,1-4H3;1H/q+1;/p-1/t8?,9-;/m0./s1. The summed E-state index contributed by atoms with van der Waals surface area (Å²) >= 11 is 0. The Hall–Kier alpha value is 0.360. The van der Waals surface area contributed by atoms with E-state index in [1.165, 1.54) is 0 Å². The molecule has 1 saturated carbocycles. The van der Waals surface area contributed by atoms with Gasteiger partial charge in [0.25, 0.3) is 0 Å². The molecule has 13 heavy (non-hydrogen) atoms. The van der Waals surface area contributed by atoms with E-state index in [0.717, 1.165) is 23.9 Å². The van der Waals surface area contributed by atoms with Crippen LogP contribution in [0.1, 0.15) is 19.8 Å². The van der Waals surface area contributed by atoms with Crippen LogP contribution >= 0.6 is 0 Å². The molecule has 0 aliphatic heterocycles. The number of nitrogens with zero attached hydrogens (tertiary/aromatic N) is 1. The van der Waals surface area contributed by atoms with Gasteiger partial charge in [0, 0.05) is 5.92 Å². The molecule has 0 aromatic heterocycles. The van der Waals surface area contributed by atoms with Crippen molar-refractivity contribution in [2.45, 2.75) is 19.8 Å². The molecule has 2 nitrogen and oxygen atoms in total. The normalized spacial score (nSPS) is 28.8. The second-order valence-electron chi connectivity index (χ2n) is 5.05. The molecule has 3 heteroatoms. The molecule has 1 fully saturated rings. The van der Waals surface area contributed by atoms with Crippen molar-refractivity contribution in [3.05, 3.63) is 0 Å². The van der Waals surface area contributed by atoms with Crippen LogP contribution in [0.5, 0.6) is 0 Å². The van der Waals surface area contributed by atoms with Gasteiger partial charge < -0.3 is 28.5 Å². The summed E-state index contributed by atoms with van der Waals surface area (Å²) in [7, 11) is 6.45. The summed E-state index contributed by atoms with van der Waals surface area (Å²) in [5, 5.41) is 0. The molecule has 0 heterocycles. The van der Waals surface area contributed by atoms with E-state index in [2.05, 4.69) is 28.1 Å². The quantitative estimate of drug-likeness (QED) is 0.439. The molecular formula is C10H20INO. The van der Waals surface area contributed by atoms with E-state index in [1.807, 2.05) is 0 Å². The second-order valence-corrected chi connectivity index (χ2v) is 5.05. The fourth-order valence-corrected chi connectivity index (χ4v) is 1.98. The van der Waals surface area contributed by atoms with Crippen molar-refractivity contribution >= 4 is 5.78 Å². The number of quaternary nitrogens is 1. The van der Waals surface area contributed by atoms with Crippen molar-refractivity contribution < 1.29 is 33.3 Å². The number of halogens is 1. The molecule has 78 valence electrons. The van der Waals surface area contributed by atoms with Crippen molar-refractivity contribution in [3.63, 3.8) is 0 Å². The zero-order valence-electron chi connectivity index (χ0n) is 9.01. The molecule has 0 spiro atoms. The molecule has 2 atom stereocenters. The Bertz CT molecular complexity index is 186. The van der Waals surface area contributed by atoms with Crippen LogP contribution in [0.2, 0.25) is 0 Å². The van der Waals surface area contributed by atoms with Gasteiger partial charge in [-0.25, -0.2) is 0 Å². The number of carbonyl (C=O) groups is 1. The molecule has 1 unspecified atom stereocenters. The second kappa shape index (κ2) is 4.73. The molecule has 0 N–H and O–H groups in total. The maximum atomic E-state index is 11.6. The van der Waals surface area contributed by atoms with Crippen LogP contribution in [0.4, 0.5) is 0 Å². The van der Waals surface area contributed by atoms with Gasteiger partial charge in [0.2, 0.25) is 0 Å². The average Bonchev–Trinajstić information content (AvgIpc) is 2.16. The minimum absolute atomic E-state index is 0. The Balaban J connectivity index is 0.00000144. The lowest BCUT2D eigenvalue weighted by Gasteiger charge is -2.26. The smallest absolute Gasteiger partial charge is 0.144 e. The number of carbonyl (C=O) groups excluding carboxylic acids is 1. The lowest BCUT2D eigenvalue weighted by molar-refractivity contribution is -0.872. The third kappa shape index (κ3) is 3.94. The number of rotatable bonds is 2. The number of hydrogen-bond acceptors (Lipinski definition) is 1. The Morgan fingerprint density at radius 1 is 1.31 bits per heavy atom. The number of hydrogen-bond donors (Lipinski definition) is 0. The van der Waals surface area contributed by atoms with Crippen molar-refractivity contribution in [2.75, 3.05) is 27.7 Å². The third-order valence-electron chi connectivity index (χ3n) is 2.60. The molecule has 1 rings (SSSR count). The fraction of sp³-hybridized carbons (Fsp3) is 0.900. The minimum Gasteiger partial charge on any atom is -1.00 e. The van der Waals surface area contributed by atoms with Crippen molar-refractivity contribution in [1.29, 1.82) is 0 Å². The highest BCUT2D eigenvalue weighted by atomic mass is 127. The molecular weight excluding hydrogens is 277 g/mol. The van der Waals surface area contributed by atoms with E-state index < -0.39 is 0 Å². The third-order valence-corrected chi connectivity index (χ3v) is 2.60. The van der Waals surface area contributed by atoms with Gasteiger partial charge in [-0.05, 0) is 12.8 Å². The van der Waals surface area contributed by atoms with Crippen molar-refractivity contribution in [3.8, 4) is 0 Å². The zero-order chi connectivity index (χ0) is 9.35. The highest BCUT2D eigenvalue weighted by molar-refractivity contribution is 5.85. The largest absolute Gasteiger partial charge is 1.00 e. The predicted octanol–water partition coefficient (Wildman–Crippen LogP) is -1.69. The van der Waals surface area contributed by atoms with Crippen LogP contribution < -0.4 is 24.0 Å². The molecule has 0 aromatic rings. The van der Waals surface area contributed by atoms with Gasteiger partial charge in [0.1, 0.15) is 5.78 Å². The summed E-state index contributed by atoms with van der Waals surface area (Å²) in [6.07, 6.45) is 2.21. The SMILES string of the molecule is CC1CC[C@@H](C[N+](C)(C)C)C1=O.[I-]. The zero-order valence-corrected chi connectivity index (χ0v) is 11.2. The number of Topliss-reactive ketones (excluding diaryl/α,β-unsaturated/α-hetero) is 1. The lowest BCUT2D eigenvalue weighted by atomic mass is 10.0. The first-order valence-electron chi connectivity index (χ1n) is 4.74. The van der Waals surface area contributed by atoms with E-state index in [1.54, 1.807) is 0 Å². The molecule has 0 saturated heterocycles. The van der Waals surface area contributed by atoms with E-state index in [4.69, 9.17) is 0 Å². The van der Waals surface area contributed by atoms with Crippen molar-refractivity contribution in [2.24, 2.45) is 11.8 Å². The minimum atomic E-state index is 0. The maximum Gasteiger partial charge on any atom is 0.144 e. The van der Waals surface area contributed by atoms with Gasteiger partial charge in [0.15, 0.2) is 0 Å². The first kappa shape index (κ1) is 13.4. The topological polar surface area (TPSA) is 17.1 Å². The first-order valence-corrected chi connectivity index (χ1v) is 4.74. The van der Waals surface area contributed by atoms with Crippen molar-refractivity contribution in [1.82, 2.24) is 0 Å². The summed E-state index contributed by atoms with van der Waals surface area (Å²) in [6.45, 7) is 3.06. The Morgan fingerprint density at radius 2 is 1.85 bits per heavy atom. The Labute approximate surface area is 98.3 Å². The summed E-state index contributed by atoms with van der Waals surface area (Å²) in [6, 6.07) is 0. The van der Waals surface area contributed by atoms with Gasteiger partial charge in [-0.3, -0.25) is 4.79 Å². The summed E-state index contributed by atoms with van der Waals surface area (Å²) in [5.41, 5.74) is 0. The molecule has 0 amide bonds. The van der Waals surface area contributed by atoms with E-state index in [0.29, 0.717) is 17.6 Å². The van der Waals surface area contributed by atoms with Crippen LogP contribution in [0.25, 0.3) is 0 Å². The van der Waals surface area contributed by atoms with Crippen LogP contribution in [-0.4, -0.2) is 38.0 Å². The van der Waals surface area contributed by atoms with Gasteiger partial charge >= 0.3 is 0 Å². The average molecular weight is 297 g/mol. The fourth-order valence-electron chi connectivity index (χ4n) is 1.98. The summed E-state index contributed by atoms with van der Waals surface area (Å²) < 4.78 is 0.906. The predicted molar refractivity (Wildman–Crippen MR) is 49.8 cm³/mol. The van der Waals surface area contributed by atoms with Gasteiger partial charge in [-0.1, -0.05) is 6.92 Å². The van der Waals surface area contributed by atoms with Gasteiger partial charge in [-0.2, -0.15) is 0 Å². The summed E-state index contributed by atoms with van der Waals surface area (Å²) in [4.78, 5) is 11.6. The molecule has 0 radical (unpaired) electrons. The van der Waals surface area contributed by atoms with Crippen LogP contribution in [0, 0.1) is 11.8 Å². The van der Waals surface area contributed by atoms with Crippen LogP contribution in [0.15, 0.2) is 0 Å². The first-order chi connectivity index (χ1) is 5.40. The van der Waals surface area contributed by atoms with Crippen LogP contribution in [-0.2, 0) is 4.79 Å². The Morgan fingerprint density at radius 3 is 2.15 bits per heavy atom. The highest BCUT2D eigenvalue weighted by Gasteiger charge is 2.34. The monoisotopic (exact) mass is 297 g/mol. The molecule has 1 aliphatic rings. The lowest BCUT2D eigenvalue weighted by Crippen LogP contribution is -3.00. The highest BCUT2D eigenvalue weighted by Crippen LogP contribution is 2.27. The number of ketones is 1.